The molecule has 2 aromatic rings. The second-order valence-corrected chi connectivity index (χ2v) is 4.45. The van der Waals surface area contributed by atoms with Gasteiger partial charge in [-0.3, -0.25) is 10.00 Å². The third kappa shape index (κ3) is 2.76. The highest BCUT2D eigenvalue weighted by Gasteiger charge is 2.15. The zero-order valence-electron chi connectivity index (χ0n) is 11.5. The predicted octanol–water partition coefficient (Wildman–Crippen LogP) is 2.96. The highest BCUT2D eigenvalue weighted by atomic mass is 16.6. The first kappa shape index (κ1) is 13.1. The average molecular weight is 259 g/mol. The Morgan fingerprint density at radius 3 is 2.53 bits per heavy atom. The van der Waals surface area contributed by atoms with Crippen molar-refractivity contribution < 1.29 is 9.53 Å². The molecule has 0 aliphatic rings. The van der Waals surface area contributed by atoms with E-state index in [1.807, 2.05) is 52.1 Å². The third-order valence-electron chi connectivity index (χ3n) is 3.02. The lowest BCUT2D eigenvalue weighted by molar-refractivity contribution is 0.214. The predicted molar refractivity (Wildman–Crippen MR) is 73.5 cm³/mol. The highest BCUT2D eigenvalue weighted by molar-refractivity contribution is 5.87. The molecule has 0 bridgehead atoms. The van der Waals surface area contributed by atoms with Crippen molar-refractivity contribution in [3.8, 4) is 5.75 Å². The van der Waals surface area contributed by atoms with Crippen molar-refractivity contribution in [1.82, 2.24) is 9.78 Å². The summed E-state index contributed by atoms with van der Waals surface area (Å²) in [5.74, 6) is 0.508. The van der Waals surface area contributed by atoms with Crippen LogP contribution in [0, 0.1) is 20.8 Å². The molecule has 1 aromatic carbocycles. The summed E-state index contributed by atoms with van der Waals surface area (Å²) < 4.78 is 7.01. The van der Waals surface area contributed by atoms with E-state index in [1.54, 1.807) is 4.68 Å². The molecule has 1 aromatic heterocycles. The fourth-order valence-electron chi connectivity index (χ4n) is 1.84. The van der Waals surface area contributed by atoms with Crippen LogP contribution >= 0.6 is 0 Å². The minimum Gasteiger partial charge on any atom is -0.406 e. The molecule has 0 atom stereocenters. The van der Waals surface area contributed by atoms with Crippen molar-refractivity contribution in [1.29, 1.82) is 0 Å². The van der Waals surface area contributed by atoms with E-state index < -0.39 is 6.09 Å². The fraction of sp³-hybridized carbons (Fsp3) is 0.286. The van der Waals surface area contributed by atoms with Crippen LogP contribution in [0.3, 0.4) is 0 Å². The lowest BCUT2D eigenvalue weighted by Crippen LogP contribution is -2.18. The monoisotopic (exact) mass is 259 g/mol. The van der Waals surface area contributed by atoms with Gasteiger partial charge in [0.1, 0.15) is 5.69 Å². The van der Waals surface area contributed by atoms with Crippen LogP contribution in [0.4, 0.5) is 10.5 Å². The van der Waals surface area contributed by atoms with E-state index in [1.165, 1.54) is 0 Å². The van der Waals surface area contributed by atoms with Crippen LogP contribution < -0.4 is 10.1 Å². The molecule has 0 aliphatic carbocycles. The summed E-state index contributed by atoms with van der Waals surface area (Å²) in [6.07, 6.45) is -0.506. The third-order valence-corrected chi connectivity index (χ3v) is 3.02. The number of ether oxygens (including phenoxy) is 1. The number of hydrogen-bond acceptors (Lipinski definition) is 3. The smallest absolute Gasteiger partial charge is 0.406 e. The van der Waals surface area contributed by atoms with Crippen LogP contribution in [0.15, 0.2) is 24.3 Å². The molecule has 5 heteroatoms. The van der Waals surface area contributed by atoms with Crippen molar-refractivity contribution in [3.05, 3.63) is 41.2 Å². The van der Waals surface area contributed by atoms with Gasteiger partial charge in [0, 0.05) is 12.7 Å². The fourth-order valence-corrected chi connectivity index (χ4v) is 1.84. The van der Waals surface area contributed by atoms with Gasteiger partial charge in [-0.15, -0.1) is 0 Å². The number of carbonyl (C=O) groups is 1. The molecule has 5 nitrogen and oxygen atoms in total. The maximum absolute atomic E-state index is 11.9. The van der Waals surface area contributed by atoms with E-state index in [9.17, 15) is 4.79 Å². The number of aromatic nitrogens is 2. The molecule has 1 heterocycles. The number of carbonyl (C=O) groups excluding carboxylic acids is 1. The summed E-state index contributed by atoms with van der Waals surface area (Å²) in [5, 5.41) is 6.92. The number of para-hydroxylation sites is 1. The van der Waals surface area contributed by atoms with Gasteiger partial charge in [-0.25, -0.2) is 4.79 Å². The number of nitrogens with one attached hydrogen (secondary N) is 1. The summed E-state index contributed by atoms with van der Waals surface area (Å²) in [5.41, 5.74) is 3.24. The summed E-state index contributed by atoms with van der Waals surface area (Å²) in [7, 11) is 1.81. The molecule has 0 spiro atoms. The zero-order valence-corrected chi connectivity index (χ0v) is 11.5. The summed E-state index contributed by atoms with van der Waals surface area (Å²) in [4.78, 5) is 11.9. The van der Waals surface area contributed by atoms with Crippen molar-refractivity contribution in [2.24, 2.45) is 7.05 Å². The molecule has 2 rings (SSSR count). The highest BCUT2D eigenvalue weighted by Crippen LogP contribution is 2.22. The molecule has 1 N–H and O–H groups in total. The minimum atomic E-state index is -0.506. The Balaban J connectivity index is 2.12. The van der Waals surface area contributed by atoms with Gasteiger partial charge in [-0.1, -0.05) is 18.2 Å². The first-order valence-electron chi connectivity index (χ1n) is 6.03. The van der Waals surface area contributed by atoms with Gasteiger partial charge in [0.25, 0.3) is 0 Å². The largest absolute Gasteiger partial charge is 0.417 e. The van der Waals surface area contributed by atoms with Crippen molar-refractivity contribution in [2.45, 2.75) is 20.8 Å². The van der Waals surface area contributed by atoms with Crippen LogP contribution in [0.1, 0.15) is 17.0 Å². The molecule has 19 heavy (non-hydrogen) atoms. The van der Waals surface area contributed by atoms with Crippen LogP contribution in [0.5, 0.6) is 5.75 Å². The molecule has 0 unspecified atom stereocenters. The molecular weight excluding hydrogens is 242 g/mol. The lowest BCUT2D eigenvalue weighted by Gasteiger charge is -2.08. The molecule has 0 aliphatic heterocycles. The molecule has 0 saturated heterocycles. The number of amides is 1. The maximum atomic E-state index is 11.9. The quantitative estimate of drug-likeness (QED) is 0.902. The summed E-state index contributed by atoms with van der Waals surface area (Å²) in [6, 6.07) is 7.54. The number of benzene rings is 1. The van der Waals surface area contributed by atoms with Crippen LogP contribution in [-0.2, 0) is 7.05 Å². The number of anilines is 1. The van der Waals surface area contributed by atoms with Gasteiger partial charge in [-0.05, 0) is 32.4 Å². The van der Waals surface area contributed by atoms with E-state index in [-0.39, 0.29) is 0 Å². The number of nitrogens with zero attached hydrogens (tertiary/aromatic N) is 2. The lowest BCUT2D eigenvalue weighted by atomic mass is 10.2. The summed E-state index contributed by atoms with van der Waals surface area (Å²) >= 11 is 0. The first-order chi connectivity index (χ1) is 8.99. The topological polar surface area (TPSA) is 56.1 Å². The number of aryl methyl sites for hydroxylation is 3. The van der Waals surface area contributed by atoms with Crippen LogP contribution in [-0.4, -0.2) is 15.9 Å². The Hall–Kier alpha value is -2.30. The second-order valence-electron chi connectivity index (χ2n) is 4.45. The Labute approximate surface area is 112 Å². The molecule has 0 fully saturated rings. The normalized spacial score (nSPS) is 10.3. The Morgan fingerprint density at radius 2 is 1.95 bits per heavy atom. The van der Waals surface area contributed by atoms with Crippen molar-refractivity contribution >= 4 is 11.8 Å². The zero-order chi connectivity index (χ0) is 14.0. The number of rotatable bonds is 2. The van der Waals surface area contributed by atoms with Gasteiger partial charge >= 0.3 is 6.09 Å². The van der Waals surface area contributed by atoms with E-state index in [0.717, 1.165) is 16.9 Å². The van der Waals surface area contributed by atoms with Gasteiger partial charge in [-0.2, -0.15) is 5.10 Å². The SMILES string of the molecule is Cc1ccccc1NC(=O)Oc1c(C)nn(C)c1C. The van der Waals surface area contributed by atoms with Crippen molar-refractivity contribution in [3.63, 3.8) is 0 Å². The Kier molecular flexibility index (Phi) is 3.55. The van der Waals surface area contributed by atoms with Crippen LogP contribution in [0.2, 0.25) is 0 Å². The number of hydrogen-bond donors (Lipinski definition) is 1. The van der Waals surface area contributed by atoms with E-state index >= 15 is 0 Å². The molecule has 0 radical (unpaired) electrons. The molecule has 100 valence electrons. The van der Waals surface area contributed by atoms with E-state index in [2.05, 4.69) is 10.4 Å². The standard InChI is InChI=1S/C14H17N3O2/c1-9-7-5-6-8-12(9)15-14(18)19-13-10(2)16-17(4)11(13)3/h5-8H,1-4H3,(H,15,18). The van der Waals surface area contributed by atoms with Gasteiger partial charge in [0.2, 0.25) is 0 Å². The van der Waals surface area contributed by atoms with E-state index in [4.69, 9.17) is 4.74 Å². The average Bonchev–Trinajstić information content (AvgIpc) is 2.59. The van der Waals surface area contributed by atoms with Gasteiger partial charge in [0.05, 0.1) is 5.69 Å². The Bertz CT molecular complexity index is 617. The van der Waals surface area contributed by atoms with E-state index in [0.29, 0.717) is 11.4 Å². The summed E-state index contributed by atoms with van der Waals surface area (Å²) in [6.45, 7) is 5.59. The second kappa shape index (κ2) is 5.14. The van der Waals surface area contributed by atoms with Gasteiger partial charge in [0.15, 0.2) is 5.75 Å². The van der Waals surface area contributed by atoms with Crippen molar-refractivity contribution in [2.75, 3.05) is 5.32 Å². The first-order valence-corrected chi connectivity index (χ1v) is 6.03. The maximum Gasteiger partial charge on any atom is 0.417 e. The molecule has 1 amide bonds. The minimum absolute atomic E-state index is 0.506. The van der Waals surface area contributed by atoms with Crippen LogP contribution in [0.25, 0.3) is 0 Å². The molecular formula is C14H17N3O2. The van der Waals surface area contributed by atoms with Gasteiger partial charge < -0.3 is 4.74 Å². The Morgan fingerprint density at radius 1 is 1.26 bits per heavy atom. The molecule has 0 saturated carbocycles.